The molecule has 1 aliphatic rings. The molecule has 3 aromatic rings. The molecule has 26 heavy (non-hydrogen) atoms. The Morgan fingerprint density at radius 3 is 2.73 bits per heavy atom. The fraction of sp³-hybridized carbons (Fsp3) is 0.316. The summed E-state index contributed by atoms with van der Waals surface area (Å²) in [6, 6.07) is 11.1. The monoisotopic (exact) mass is 369 g/mol. The lowest BCUT2D eigenvalue weighted by molar-refractivity contribution is 0.0709. The zero-order valence-corrected chi connectivity index (χ0v) is 15.2. The summed E-state index contributed by atoms with van der Waals surface area (Å²) in [6.07, 6.45) is 3.40. The summed E-state index contributed by atoms with van der Waals surface area (Å²) in [5, 5.41) is 10.4. The number of piperidine rings is 1. The first kappa shape index (κ1) is 16.8. The van der Waals surface area contributed by atoms with E-state index in [1.165, 1.54) is 0 Å². The van der Waals surface area contributed by atoms with Crippen LogP contribution in [-0.4, -0.2) is 41.2 Å². The maximum atomic E-state index is 12.8. The minimum atomic E-state index is 0.0226. The van der Waals surface area contributed by atoms with Crippen molar-refractivity contribution in [3.05, 3.63) is 53.2 Å². The van der Waals surface area contributed by atoms with Crippen LogP contribution in [0.4, 0.5) is 0 Å². The number of amides is 1. The molecule has 2 aromatic heterocycles. The Bertz CT molecular complexity index is 883. The quantitative estimate of drug-likeness (QED) is 0.699. The van der Waals surface area contributed by atoms with Crippen LogP contribution in [0, 0.1) is 0 Å². The molecule has 0 aliphatic carbocycles. The third kappa shape index (κ3) is 3.22. The maximum absolute atomic E-state index is 12.8. The van der Waals surface area contributed by atoms with Crippen LogP contribution in [0.1, 0.15) is 34.1 Å². The summed E-state index contributed by atoms with van der Waals surface area (Å²) in [4.78, 5) is 14.7. The van der Waals surface area contributed by atoms with Gasteiger partial charge in [-0.1, -0.05) is 23.5 Å². The highest BCUT2D eigenvalue weighted by atomic mass is 32.1. The lowest BCUT2D eigenvalue weighted by Gasteiger charge is -2.31. The number of carbonyl (C=O) groups is 1. The highest BCUT2D eigenvalue weighted by molar-refractivity contribution is 7.14. The van der Waals surface area contributed by atoms with Gasteiger partial charge in [0.05, 0.1) is 18.9 Å². The van der Waals surface area contributed by atoms with Gasteiger partial charge in [-0.05, 0) is 37.1 Å². The molecule has 0 N–H and O–H groups in total. The van der Waals surface area contributed by atoms with Gasteiger partial charge in [0.2, 0.25) is 0 Å². The number of ether oxygens (including phenoxy) is 1. The molecule has 0 saturated carbocycles. The van der Waals surface area contributed by atoms with Gasteiger partial charge in [-0.2, -0.15) is 0 Å². The molecule has 1 fully saturated rings. The van der Waals surface area contributed by atoms with Gasteiger partial charge in [0.25, 0.3) is 5.91 Å². The van der Waals surface area contributed by atoms with Gasteiger partial charge in [-0.25, -0.2) is 0 Å². The summed E-state index contributed by atoms with van der Waals surface area (Å²) >= 11 is 1.57. The number of rotatable bonds is 4. The predicted molar refractivity (Wildman–Crippen MR) is 98.5 cm³/mol. The van der Waals surface area contributed by atoms with Gasteiger partial charge in [0, 0.05) is 19.0 Å². The first-order valence-electron chi connectivity index (χ1n) is 8.56. The van der Waals surface area contributed by atoms with E-state index in [1.807, 2.05) is 41.3 Å². The maximum Gasteiger partial charge on any atom is 0.257 e. The third-order valence-electron chi connectivity index (χ3n) is 4.64. The van der Waals surface area contributed by atoms with Crippen molar-refractivity contribution < 1.29 is 13.9 Å². The number of aromatic nitrogens is 2. The van der Waals surface area contributed by atoms with Crippen molar-refractivity contribution >= 4 is 17.2 Å². The van der Waals surface area contributed by atoms with Gasteiger partial charge < -0.3 is 14.1 Å². The molecule has 0 spiro atoms. The fourth-order valence-corrected chi connectivity index (χ4v) is 4.20. The highest BCUT2D eigenvalue weighted by Crippen LogP contribution is 2.34. The molecule has 0 unspecified atom stereocenters. The lowest BCUT2D eigenvalue weighted by Crippen LogP contribution is -2.38. The Labute approximate surface area is 155 Å². The Kier molecular flexibility index (Phi) is 4.71. The van der Waals surface area contributed by atoms with E-state index in [-0.39, 0.29) is 5.91 Å². The molecule has 1 saturated heterocycles. The van der Waals surface area contributed by atoms with E-state index in [0.717, 1.165) is 28.6 Å². The number of benzene rings is 1. The van der Waals surface area contributed by atoms with Crippen molar-refractivity contribution in [3.63, 3.8) is 0 Å². The second-order valence-corrected chi connectivity index (χ2v) is 7.20. The number of para-hydroxylation sites is 1. The minimum absolute atomic E-state index is 0.0226. The number of likely N-dealkylation sites (tertiary alicyclic amines) is 1. The minimum Gasteiger partial charge on any atom is -0.496 e. The Hall–Kier alpha value is -2.67. The topological polar surface area (TPSA) is 68.5 Å². The molecule has 1 amide bonds. The van der Waals surface area contributed by atoms with Gasteiger partial charge in [-0.15, -0.1) is 10.2 Å². The largest absolute Gasteiger partial charge is 0.496 e. The smallest absolute Gasteiger partial charge is 0.257 e. The van der Waals surface area contributed by atoms with Crippen LogP contribution in [0.5, 0.6) is 5.75 Å². The average molecular weight is 369 g/mol. The molecule has 6 nitrogen and oxygen atoms in total. The Morgan fingerprint density at radius 2 is 2.00 bits per heavy atom. The number of methoxy groups -OCH3 is 1. The van der Waals surface area contributed by atoms with E-state index in [1.54, 1.807) is 24.7 Å². The summed E-state index contributed by atoms with van der Waals surface area (Å²) in [6.45, 7) is 1.41. The second kappa shape index (κ2) is 7.29. The van der Waals surface area contributed by atoms with Crippen LogP contribution in [-0.2, 0) is 0 Å². The first-order valence-corrected chi connectivity index (χ1v) is 9.37. The Balaban J connectivity index is 1.42. The standard InChI is InChI=1S/C19H19N3O3S/c1-24-15-6-3-2-5-14(15)19(23)22-10-8-13(9-11-22)17-20-21-18(26-17)16-7-4-12-25-16/h2-7,12-13H,8-11H2,1H3. The summed E-state index contributed by atoms with van der Waals surface area (Å²) in [5.41, 5.74) is 0.615. The van der Waals surface area contributed by atoms with E-state index >= 15 is 0 Å². The highest BCUT2D eigenvalue weighted by Gasteiger charge is 2.28. The van der Waals surface area contributed by atoms with E-state index in [0.29, 0.717) is 30.3 Å². The zero-order chi connectivity index (χ0) is 17.9. The molecule has 1 aromatic carbocycles. The number of nitrogens with zero attached hydrogens (tertiary/aromatic N) is 3. The molecule has 0 bridgehead atoms. The SMILES string of the molecule is COc1ccccc1C(=O)N1CCC(c2nnc(-c3ccco3)s2)CC1. The number of hydrogen-bond donors (Lipinski definition) is 0. The van der Waals surface area contributed by atoms with E-state index in [4.69, 9.17) is 9.15 Å². The van der Waals surface area contributed by atoms with Crippen molar-refractivity contribution in [2.75, 3.05) is 20.2 Å². The van der Waals surface area contributed by atoms with E-state index < -0.39 is 0 Å². The van der Waals surface area contributed by atoms with E-state index in [9.17, 15) is 4.79 Å². The molecule has 0 atom stereocenters. The van der Waals surface area contributed by atoms with Crippen molar-refractivity contribution in [3.8, 4) is 16.5 Å². The van der Waals surface area contributed by atoms with Crippen LogP contribution in [0.2, 0.25) is 0 Å². The summed E-state index contributed by atoms with van der Waals surface area (Å²) in [5.74, 6) is 1.72. The number of furan rings is 1. The molecule has 7 heteroatoms. The molecular weight excluding hydrogens is 350 g/mol. The molecule has 3 heterocycles. The molecule has 0 radical (unpaired) electrons. The zero-order valence-electron chi connectivity index (χ0n) is 14.4. The van der Waals surface area contributed by atoms with Crippen molar-refractivity contribution in [2.24, 2.45) is 0 Å². The first-order chi connectivity index (χ1) is 12.8. The van der Waals surface area contributed by atoms with Crippen LogP contribution in [0.15, 0.2) is 47.1 Å². The van der Waals surface area contributed by atoms with Gasteiger partial charge in [-0.3, -0.25) is 4.79 Å². The molecule has 1 aliphatic heterocycles. The molecular formula is C19H19N3O3S. The average Bonchev–Trinajstić information content (AvgIpc) is 3.39. The normalized spacial score (nSPS) is 15.2. The second-order valence-electron chi connectivity index (χ2n) is 6.19. The fourth-order valence-electron chi connectivity index (χ4n) is 3.22. The molecule has 134 valence electrons. The van der Waals surface area contributed by atoms with Crippen LogP contribution in [0.25, 0.3) is 10.8 Å². The van der Waals surface area contributed by atoms with E-state index in [2.05, 4.69) is 10.2 Å². The van der Waals surface area contributed by atoms with Crippen LogP contribution < -0.4 is 4.74 Å². The van der Waals surface area contributed by atoms with Crippen molar-refractivity contribution in [1.82, 2.24) is 15.1 Å². The van der Waals surface area contributed by atoms with Gasteiger partial charge in [0.15, 0.2) is 10.8 Å². The van der Waals surface area contributed by atoms with Gasteiger partial charge in [0.1, 0.15) is 10.8 Å². The number of hydrogen-bond acceptors (Lipinski definition) is 6. The van der Waals surface area contributed by atoms with Gasteiger partial charge >= 0.3 is 0 Å². The summed E-state index contributed by atoms with van der Waals surface area (Å²) < 4.78 is 10.7. The lowest BCUT2D eigenvalue weighted by atomic mass is 9.97. The van der Waals surface area contributed by atoms with Crippen molar-refractivity contribution in [1.29, 1.82) is 0 Å². The van der Waals surface area contributed by atoms with Crippen LogP contribution in [0.3, 0.4) is 0 Å². The summed E-state index contributed by atoms with van der Waals surface area (Å²) in [7, 11) is 1.59. The van der Waals surface area contributed by atoms with Crippen molar-refractivity contribution in [2.45, 2.75) is 18.8 Å². The predicted octanol–water partition coefficient (Wildman–Crippen LogP) is 3.83. The Morgan fingerprint density at radius 1 is 1.19 bits per heavy atom. The molecule has 4 rings (SSSR count). The number of carbonyl (C=O) groups excluding carboxylic acids is 1. The third-order valence-corrected chi connectivity index (χ3v) is 5.74. The van der Waals surface area contributed by atoms with Crippen LogP contribution >= 0.6 is 11.3 Å².